The molecule has 0 saturated carbocycles. The first-order chi connectivity index (χ1) is 10.2. The summed E-state index contributed by atoms with van der Waals surface area (Å²) in [6, 6.07) is 12.7. The van der Waals surface area contributed by atoms with Crippen molar-refractivity contribution in [2.24, 2.45) is 0 Å². The van der Waals surface area contributed by atoms with E-state index in [1.54, 1.807) is 23.1 Å². The van der Waals surface area contributed by atoms with Gasteiger partial charge in [-0.15, -0.1) is 21.5 Å². The number of rotatable bonds is 5. The Kier molecular flexibility index (Phi) is 4.41. The van der Waals surface area contributed by atoms with Crippen LogP contribution in [0.25, 0.3) is 10.8 Å². The summed E-state index contributed by atoms with van der Waals surface area (Å²) in [4.78, 5) is 1.01. The van der Waals surface area contributed by atoms with Crippen LogP contribution in [0.3, 0.4) is 0 Å². The number of thiophene rings is 1. The first kappa shape index (κ1) is 14.4. The zero-order valence-corrected chi connectivity index (χ0v) is 13.6. The molecule has 3 aromatic rings. The third kappa shape index (κ3) is 3.54. The molecule has 3 rings (SSSR count). The van der Waals surface area contributed by atoms with Gasteiger partial charge in [-0.2, -0.15) is 0 Å². The van der Waals surface area contributed by atoms with Gasteiger partial charge < -0.3 is 4.42 Å². The van der Waals surface area contributed by atoms with E-state index in [4.69, 9.17) is 4.42 Å². The van der Waals surface area contributed by atoms with Gasteiger partial charge in [0.05, 0.1) is 4.88 Å². The fraction of sp³-hybridized carbons (Fsp3) is 0.250. The van der Waals surface area contributed by atoms with Gasteiger partial charge in [0.2, 0.25) is 0 Å². The molecule has 0 N–H and O–H groups in total. The third-order valence-corrected chi connectivity index (χ3v) is 4.89. The largest absolute Gasteiger partial charge is 0.410 e. The first-order valence-electron chi connectivity index (χ1n) is 6.81. The van der Waals surface area contributed by atoms with Crippen molar-refractivity contribution in [2.75, 3.05) is 0 Å². The third-order valence-electron chi connectivity index (χ3n) is 3.15. The zero-order chi connectivity index (χ0) is 14.7. The fourth-order valence-corrected chi connectivity index (χ4v) is 3.27. The predicted molar refractivity (Wildman–Crippen MR) is 87.7 cm³/mol. The molecular formula is C16H16N2OS2. The topological polar surface area (TPSA) is 38.9 Å². The first-order valence-corrected chi connectivity index (χ1v) is 8.68. The molecule has 0 radical (unpaired) electrons. The van der Waals surface area contributed by atoms with E-state index < -0.39 is 0 Å². The molecule has 0 unspecified atom stereocenters. The highest BCUT2D eigenvalue weighted by Crippen LogP contribution is 2.28. The van der Waals surface area contributed by atoms with E-state index in [0.29, 0.717) is 17.0 Å². The Hall–Kier alpha value is -1.59. The lowest BCUT2D eigenvalue weighted by molar-refractivity contribution is 0.466. The molecular weight excluding hydrogens is 300 g/mol. The molecule has 2 aromatic heterocycles. The van der Waals surface area contributed by atoms with Crippen LogP contribution in [0.2, 0.25) is 0 Å². The second-order valence-corrected chi connectivity index (χ2v) is 6.91. The van der Waals surface area contributed by atoms with Crippen molar-refractivity contribution in [3.8, 4) is 10.8 Å². The average molecular weight is 316 g/mol. The van der Waals surface area contributed by atoms with Crippen molar-refractivity contribution in [1.82, 2.24) is 10.2 Å². The van der Waals surface area contributed by atoms with Gasteiger partial charge in [0.25, 0.3) is 11.1 Å². The normalized spacial score (nSPS) is 11.2. The molecule has 0 bridgehead atoms. The highest BCUT2D eigenvalue weighted by atomic mass is 32.2. The molecule has 0 amide bonds. The van der Waals surface area contributed by atoms with E-state index in [-0.39, 0.29) is 0 Å². The number of hydrogen-bond donors (Lipinski definition) is 0. The van der Waals surface area contributed by atoms with E-state index in [0.717, 1.165) is 10.6 Å². The van der Waals surface area contributed by atoms with Crippen molar-refractivity contribution in [3.63, 3.8) is 0 Å². The molecule has 108 valence electrons. The Labute approximate surface area is 132 Å². The van der Waals surface area contributed by atoms with Gasteiger partial charge in [-0.1, -0.05) is 55.9 Å². The summed E-state index contributed by atoms with van der Waals surface area (Å²) in [6.45, 7) is 4.41. The SMILES string of the molecule is CC(C)c1ccc(CSc2nnc(-c3cccs3)o2)cc1. The molecule has 0 aliphatic rings. The highest BCUT2D eigenvalue weighted by molar-refractivity contribution is 7.98. The summed E-state index contributed by atoms with van der Waals surface area (Å²) in [5.74, 6) is 2.00. The lowest BCUT2D eigenvalue weighted by Gasteiger charge is -2.05. The second-order valence-electron chi connectivity index (χ2n) is 5.04. The van der Waals surface area contributed by atoms with E-state index in [2.05, 4.69) is 48.3 Å². The summed E-state index contributed by atoms with van der Waals surface area (Å²) >= 11 is 3.17. The number of benzene rings is 1. The molecule has 2 heterocycles. The maximum absolute atomic E-state index is 5.66. The van der Waals surface area contributed by atoms with Crippen molar-refractivity contribution >= 4 is 23.1 Å². The van der Waals surface area contributed by atoms with Crippen molar-refractivity contribution < 1.29 is 4.42 Å². The maximum atomic E-state index is 5.66. The summed E-state index contributed by atoms with van der Waals surface area (Å²) in [6.07, 6.45) is 0. The zero-order valence-electron chi connectivity index (χ0n) is 11.9. The van der Waals surface area contributed by atoms with E-state index in [1.165, 1.54) is 11.1 Å². The van der Waals surface area contributed by atoms with Crippen LogP contribution in [0.4, 0.5) is 0 Å². The maximum Gasteiger partial charge on any atom is 0.277 e. The Morgan fingerprint density at radius 1 is 1.14 bits per heavy atom. The Balaban J connectivity index is 1.62. The minimum absolute atomic E-state index is 0.566. The van der Waals surface area contributed by atoms with E-state index >= 15 is 0 Å². The monoisotopic (exact) mass is 316 g/mol. The standard InChI is InChI=1S/C16H16N2OS2/c1-11(2)13-7-5-12(6-8-13)10-21-16-18-17-15(19-16)14-4-3-9-20-14/h3-9,11H,10H2,1-2H3. The van der Waals surface area contributed by atoms with Crippen molar-refractivity contribution in [2.45, 2.75) is 30.7 Å². The molecule has 1 aromatic carbocycles. The van der Waals surface area contributed by atoms with Gasteiger partial charge in [-0.05, 0) is 28.5 Å². The number of aromatic nitrogens is 2. The minimum Gasteiger partial charge on any atom is -0.410 e. The second kappa shape index (κ2) is 6.45. The number of thioether (sulfide) groups is 1. The smallest absolute Gasteiger partial charge is 0.277 e. The number of hydrogen-bond acceptors (Lipinski definition) is 5. The molecule has 3 nitrogen and oxygen atoms in total. The molecule has 0 atom stereocenters. The van der Waals surface area contributed by atoms with Crippen LogP contribution in [0.5, 0.6) is 0 Å². The molecule has 0 aliphatic heterocycles. The summed E-state index contributed by atoms with van der Waals surface area (Å²) < 4.78 is 5.66. The Bertz CT molecular complexity index is 687. The van der Waals surface area contributed by atoms with Crippen LogP contribution >= 0.6 is 23.1 Å². The Morgan fingerprint density at radius 2 is 1.95 bits per heavy atom. The predicted octanol–water partition coefficient (Wildman–Crippen LogP) is 5.21. The van der Waals surface area contributed by atoms with Gasteiger partial charge in [-0.3, -0.25) is 0 Å². The van der Waals surface area contributed by atoms with Gasteiger partial charge in [0, 0.05) is 5.75 Å². The van der Waals surface area contributed by atoms with Gasteiger partial charge in [-0.25, -0.2) is 0 Å². The molecule has 0 saturated heterocycles. The van der Waals surface area contributed by atoms with E-state index in [1.807, 2.05) is 17.5 Å². The highest BCUT2D eigenvalue weighted by Gasteiger charge is 2.10. The van der Waals surface area contributed by atoms with Crippen LogP contribution < -0.4 is 0 Å². The van der Waals surface area contributed by atoms with Crippen LogP contribution in [0, 0.1) is 0 Å². The van der Waals surface area contributed by atoms with E-state index in [9.17, 15) is 0 Å². The summed E-state index contributed by atoms with van der Waals surface area (Å²) in [7, 11) is 0. The molecule has 21 heavy (non-hydrogen) atoms. The number of nitrogens with zero attached hydrogens (tertiary/aromatic N) is 2. The van der Waals surface area contributed by atoms with Crippen LogP contribution in [0.1, 0.15) is 30.9 Å². The van der Waals surface area contributed by atoms with Crippen molar-refractivity contribution in [1.29, 1.82) is 0 Å². The van der Waals surface area contributed by atoms with Crippen LogP contribution in [0.15, 0.2) is 51.4 Å². The van der Waals surface area contributed by atoms with Gasteiger partial charge in [0.15, 0.2) is 0 Å². The lowest BCUT2D eigenvalue weighted by atomic mass is 10.0. The molecule has 0 spiro atoms. The Morgan fingerprint density at radius 3 is 2.62 bits per heavy atom. The van der Waals surface area contributed by atoms with Crippen LogP contribution in [-0.2, 0) is 5.75 Å². The minimum atomic E-state index is 0.566. The average Bonchev–Trinajstić information content (AvgIpc) is 3.16. The fourth-order valence-electron chi connectivity index (χ4n) is 1.91. The molecule has 0 aliphatic carbocycles. The summed E-state index contributed by atoms with van der Waals surface area (Å²) in [5, 5.41) is 10.8. The van der Waals surface area contributed by atoms with Crippen LogP contribution in [-0.4, -0.2) is 10.2 Å². The lowest BCUT2D eigenvalue weighted by Crippen LogP contribution is -1.88. The quantitative estimate of drug-likeness (QED) is 0.605. The van der Waals surface area contributed by atoms with Crippen molar-refractivity contribution in [3.05, 3.63) is 52.9 Å². The van der Waals surface area contributed by atoms with Gasteiger partial charge >= 0.3 is 0 Å². The molecule has 5 heteroatoms. The summed E-state index contributed by atoms with van der Waals surface area (Å²) in [5.41, 5.74) is 2.63. The molecule has 0 fully saturated rings. The van der Waals surface area contributed by atoms with Gasteiger partial charge in [0.1, 0.15) is 0 Å².